The summed E-state index contributed by atoms with van der Waals surface area (Å²) < 4.78 is 5.42. The summed E-state index contributed by atoms with van der Waals surface area (Å²) in [5, 5.41) is 0. The van der Waals surface area contributed by atoms with Crippen LogP contribution in [0.2, 0.25) is 0 Å². The second kappa shape index (κ2) is 5.67. The van der Waals surface area contributed by atoms with Gasteiger partial charge in [-0.15, -0.1) is 0 Å². The minimum absolute atomic E-state index is 0.0469. The van der Waals surface area contributed by atoms with E-state index in [1.807, 2.05) is 20.8 Å². The van der Waals surface area contributed by atoms with Crippen LogP contribution in [0, 0.1) is 0 Å². The van der Waals surface area contributed by atoms with Crippen LogP contribution in [-0.2, 0) is 4.74 Å². The molecule has 2 aliphatic heterocycles. The predicted octanol–water partition coefficient (Wildman–Crippen LogP) is 1.42. The Morgan fingerprint density at radius 3 is 2.37 bits per heavy atom. The highest BCUT2D eigenvalue weighted by atomic mass is 16.6. The van der Waals surface area contributed by atoms with Gasteiger partial charge in [-0.25, -0.2) is 4.79 Å². The molecule has 19 heavy (non-hydrogen) atoms. The minimum Gasteiger partial charge on any atom is -0.444 e. The number of carbonyl (C=O) groups is 1. The van der Waals surface area contributed by atoms with E-state index in [9.17, 15) is 4.79 Å². The molecule has 0 aromatic carbocycles. The van der Waals surface area contributed by atoms with Crippen molar-refractivity contribution in [1.82, 2.24) is 9.80 Å². The van der Waals surface area contributed by atoms with Crippen molar-refractivity contribution in [2.75, 3.05) is 26.2 Å². The van der Waals surface area contributed by atoms with E-state index in [4.69, 9.17) is 10.5 Å². The Morgan fingerprint density at radius 1 is 1.16 bits per heavy atom. The summed E-state index contributed by atoms with van der Waals surface area (Å²) in [6.45, 7) is 9.21. The van der Waals surface area contributed by atoms with Crippen LogP contribution in [0.5, 0.6) is 0 Å². The number of nitrogens with two attached hydrogens (primary N) is 1. The lowest BCUT2D eigenvalue weighted by atomic mass is 10.1. The van der Waals surface area contributed by atoms with Gasteiger partial charge in [0, 0.05) is 25.2 Å². The lowest BCUT2D eigenvalue weighted by Gasteiger charge is -2.33. The smallest absolute Gasteiger partial charge is 0.410 e. The molecule has 0 aromatic rings. The van der Waals surface area contributed by atoms with Crippen LogP contribution in [-0.4, -0.2) is 59.8 Å². The quantitative estimate of drug-likeness (QED) is 0.782. The molecule has 0 aromatic heterocycles. The van der Waals surface area contributed by atoms with Crippen LogP contribution in [0.1, 0.15) is 40.0 Å². The molecule has 0 bridgehead atoms. The van der Waals surface area contributed by atoms with Gasteiger partial charge in [-0.05, 0) is 46.7 Å². The fourth-order valence-corrected chi connectivity index (χ4v) is 2.92. The molecule has 5 heteroatoms. The zero-order chi connectivity index (χ0) is 14.0. The highest BCUT2D eigenvalue weighted by molar-refractivity contribution is 5.68. The molecule has 0 unspecified atom stereocenters. The number of ether oxygens (including phenoxy) is 1. The number of likely N-dealkylation sites (tertiary alicyclic amines) is 2. The molecule has 2 saturated heterocycles. The molecule has 0 saturated carbocycles. The van der Waals surface area contributed by atoms with E-state index in [1.165, 1.54) is 19.3 Å². The Balaban J connectivity index is 1.91. The van der Waals surface area contributed by atoms with Crippen molar-refractivity contribution >= 4 is 6.09 Å². The van der Waals surface area contributed by atoms with E-state index in [0.29, 0.717) is 19.1 Å². The molecule has 2 rings (SSSR count). The van der Waals surface area contributed by atoms with Crippen molar-refractivity contribution in [1.29, 1.82) is 0 Å². The van der Waals surface area contributed by atoms with Gasteiger partial charge in [0.15, 0.2) is 0 Å². The van der Waals surface area contributed by atoms with Gasteiger partial charge in [-0.3, -0.25) is 4.90 Å². The molecule has 0 radical (unpaired) electrons. The Labute approximate surface area is 116 Å². The topological polar surface area (TPSA) is 58.8 Å². The Hall–Kier alpha value is -0.810. The van der Waals surface area contributed by atoms with Crippen LogP contribution in [0.3, 0.4) is 0 Å². The Kier molecular flexibility index (Phi) is 4.36. The molecular weight excluding hydrogens is 242 g/mol. The average Bonchev–Trinajstić information content (AvgIpc) is 2.70. The maximum Gasteiger partial charge on any atom is 0.410 e. The average molecular weight is 269 g/mol. The zero-order valence-electron chi connectivity index (χ0n) is 12.4. The SMILES string of the molecule is CC(C)(C)OC(=O)N1C[C@@H](N)[C@@H](N2CCCCC2)C1. The zero-order valence-corrected chi connectivity index (χ0v) is 12.4. The van der Waals surface area contributed by atoms with E-state index in [2.05, 4.69) is 4.90 Å². The summed E-state index contributed by atoms with van der Waals surface area (Å²) in [5.41, 5.74) is 5.77. The summed E-state index contributed by atoms with van der Waals surface area (Å²) in [6.07, 6.45) is 3.57. The second-order valence-electron chi connectivity index (χ2n) is 6.71. The molecule has 2 atom stereocenters. The first-order chi connectivity index (χ1) is 8.87. The largest absolute Gasteiger partial charge is 0.444 e. The van der Waals surface area contributed by atoms with E-state index in [1.54, 1.807) is 4.90 Å². The number of carbonyl (C=O) groups excluding carboxylic acids is 1. The summed E-state index contributed by atoms with van der Waals surface area (Å²) in [6, 6.07) is 0.346. The number of hydrogen-bond donors (Lipinski definition) is 1. The Morgan fingerprint density at radius 2 is 1.79 bits per heavy atom. The van der Waals surface area contributed by atoms with Crippen molar-refractivity contribution in [3.8, 4) is 0 Å². The van der Waals surface area contributed by atoms with Crippen LogP contribution in [0.25, 0.3) is 0 Å². The third-order valence-corrected chi connectivity index (χ3v) is 3.84. The maximum atomic E-state index is 12.1. The number of rotatable bonds is 1. The fourth-order valence-electron chi connectivity index (χ4n) is 2.92. The first-order valence-corrected chi connectivity index (χ1v) is 7.34. The summed E-state index contributed by atoms with van der Waals surface area (Å²) in [5.74, 6) is 0. The second-order valence-corrected chi connectivity index (χ2v) is 6.71. The summed E-state index contributed by atoms with van der Waals surface area (Å²) in [4.78, 5) is 16.3. The van der Waals surface area contributed by atoms with Crippen molar-refractivity contribution < 1.29 is 9.53 Å². The first-order valence-electron chi connectivity index (χ1n) is 7.34. The van der Waals surface area contributed by atoms with Gasteiger partial charge >= 0.3 is 6.09 Å². The molecule has 2 fully saturated rings. The van der Waals surface area contributed by atoms with Crippen LogP contribution in [0.15, 0.2) is 0 Å². The van der Waals surface area contributed by atoms with Crippen molar-refractivity contribution in [2.24, 2.45) is 5.73 Å². The fraction of sp³-hybridized carbons (Fsp3) is 0.929. The molecule has 0 aliphatic carbocycles. The van der Waals surface area contributed by atoms with Gasteiger partial charge in [0.25, 0.3) is 0 Å². The van der Waals surface area contributed by atoms with Gasteiger partial charge in [0.2, 0.25) is 0 Å². The monoisotopic (exact) mass is 269 g/mol. The summed E-state index contributed by atoms with van der Waals surface area (Å²) >= 11 is 0. The van der Waals surface area contributed by atoms with Gasteiger partial charge in [0.05, 0.1) is 0 Å². The normalized spacial score (nSPS) is 29.6. The Bertz CT molecular complexity index is 321. The number of amides is 1. The molecule has 1 amide bonds. The minimum atomic E-state index is -0.440. The van der Waals surface area contributed by atoms with Gasteiger partial charge in [-0.2, -0.15) is 0 Å². The van der Waals surface area contributed by atoms with Gasteiger partial charge in [0.1, 0.15) is 5.60 Å². The molecule has 110 valence electrons. The first kappa shape index (κ1) is 14.6. The van der Waals surface area contributed by atoms with Gasteiger partial charge < -0.3 is 15.4 Å². The third kappa shape index (κ3) is 3.83. The van der Waals surface area contributed by atoms with Crippen molar-refractivity contribution in [3.05, 3.63) is 0 Å². The lowest BCUT2D eigenvalue weighted by molar-refractivity contribution is 0.0276. The van der Waals surface area contributed by atoms with Crippen molar-refractivity contribution in [3.63, 3.8) is 0 Å². The van der Waals surface area contributed by atoms with Crippen LogP contribution >= 0.6 is 0 Å². The highest BCUT2D eigenvalue weighted by Crippen LogP contribution is 2.21. The van der Waals surface area contributed by atoms with Crippen LogP contribution in [0.4, 0.5) is 4.79 Å². The highest BCUT2D eigenvalue weighted by Gasteiger charge is 2.38. The molecule has 0 spiro atoms. The molecule has 5 nitrogen and oxygen atoms in total. The lowest BCUT2D eigenvalue weighted by Crippen LogP contribution is -2.49. The molecule has 2 N–H and O–H groups in total. The van der Waals surface area contributed by atoms with E-state index in [-0.39, 0.29) is 12.1 Å². The molecule has 2 heterocycles. The van der Waals surface area contributed by atoms with Crippen molar-refractivity contribution in [2.45, 2.75) is 57.7 Å². The maximum absolute atomic E-state index is 12.1. The number of nitrogens with zero attached hydrogens (tertiary/aromatic N) is 2. The number of hydrogen-bond acceptors (Lipinski definition) is 4. The predicted molar refractivity (Wildman–Crippen MR) is 75.0 cm³/mol. The van der Waals surface area contributed by atoms with Crippen LogP contribution < -0.4 is 5.73 Å². The molecule has 2 aliphatic rings. The van der Waals surface area contributed by atoms with E-state index >= 15 is 0 Å². The summed E-state index contributed by atoms with van der Waals surface area (Å²) in [7, 11) is 0. The standard InChI is InChI=1S/C14H27N3O2/c1-14(2,3)19-13(18)17-9-11(15)12(10-17)16-7-5-4-6-8-16/h11-12H,4-10,15H2,1-3H3/t11-,12+/m1/s1. The van der Waals surface area contributed by atoms with Gasteiger partial charge in [-0.1, -0.05) is 6.42 Å². The third-order valence-electron chi connectivity index (χ3n) is 3.84. The van der Waals surface area contributed by atoms with E-state index < -0.39 is 5.60 Å². The molecular formula is C14H27N3O2. The number of piperidine rings is 1. The van der Waals surface area contributed by atoms with E-state index in [0.717, 1.165) is 13.1 Å².